The number of nitrogens with one attached hydrogen (secondary N) is 1. The highest BCUT2D eigenvalue weighted by molar-refractivity contribution is 7.99. The zero-order valence-corrected chi connectivity index (χ0v) is 16.5. The first-order valence-corrected chi connectivity index (χ1v) is 9.96. The SMILES string of the molecule is Cc1nn(-c2ccccc2)c(C)c1NC(=O)CCSc1nnc2ccccn12. The predicted molar refractivity (Wildman–Crippen MR) is 110 cm³/mol. The molecule has 142 valence electrons. The number of rotatable bonds is 6. The van der Waals surface area contributed by atoms with E-state index in [1.54, 1.807) is 0 Å². The molecule has 3 heterocycles. The van der Waals surface area contributed by atoms with E-state index in [4.69, 9.17) is 0 Å². The quantitative estimate of drug-likeness (QED) is 0.507. The van der Waals surface area contributed by atoms with E-state index in [9.17, 15) is 4.79 Å². The second kappa shape index (κ2) is 7.85. The van der Waals surface area contributed by atoms with Crippen molar-refractivity contribution in [3.63, 3.8) is 0 Å². The van der Waals surface area contributed by atoms with Crippen molar-refractivity contribution in [2.45, 2.75) is 25.4 Å². The summed E-state index contributed by atoms with van der Waals surface area (Å²) in [6.45, 7) is 3.86. The number of benzene rings is 1. The van der Waals surface area contributed by atoms with Gasteiger partial charge in [-0.2, -0.15) is 5.10 Å². The molecule has 7 nitrogen and oxygen atoms in total. The number of carbonyl (C=O) groups is 1. The lowest BCUT2D eigenvalue weighted by molar-refractivity contribution is -0.115. The van der Waals surface area contributed by atoms with E-state index in [2.05, 4.69) is 20.6 Å². The molecule has 0 fully saturated rings. The van der Waals surface area contributed by atoms with Gasteiger partial charge in [0.1, 0.15) is 0 Å². The molecule has 0 spiro atoms. The number of aromatic nitrogens is 5. The zero-order chi connectivity index (χ0) is 19.5. The highest BCUT2D eigenvalue weighted by Gasteiger charge is 2.15. The fraction of sp³-hybridized carbons (Fsp3) is 0.200. The Bertz CT molecular complexity index is 1120. The number of anilines is 1. The Balaban J connectivity index is 1.39. The molecule has 0 unspecified atom stereocenters. The Labute approximate surface area is 166 Å². The van der Waals surface area contributed by atoms with E-state index in [0.29, 0.717) is 12.2 Å². The molecule has 4 aromatic rings. The molecule has 8 heteroatoms. The van der Waals surface area contributed by atoms with Crippen molar-refractivity contribution in [2.24, 2.45) is 0 Å². The average Bonchev–Trinajstić information content (AvgIpc) is 3.25. The van der Waals surface area contributed by atoms with Crippen molar-refractivity contribution >= 4 is 29.0 Å². The zero-order valence-electron chi connectivity index (χ0n) is 15.7. The second-order valence-corrected chi connectivity index (χ2v) is 7.41. The van der Waals surface area contributed by atoms with Crippen LogP contribution in [0.25, 0.3) is 11.3 Å². The number of hydrogen-bond donors (Lipinski definition) is 1. The number of amides is 1. The Hall–Kier alpha value is -3.13. The van der Waals surface area contributed by atoms with Gasteiger partial charge >= 0.3 is 0 Å². The first-order valence-electron chi connectivity index (χ1n) is 8.97. The molecule has 0 atom stereocenters. The van der Waals surface area contributed by atoms with Crippen LogP contribution in [0.5, 0.6) is 0 Å². The summed E-state index contributed by atoms with van der Waals surface area (Å²) < 4.78 is 3.77. The molecule has 1 amide bonds. The van der Waals surface area contributed by atoms with Crippen LogP contribution in [0.1, 0.15) is 17.8 Å². The Morgan fingerprint density at radius 2 is 1.86 bits per heavy atom. The number of para-hydroxylation sites is 1. The standard InChI is InChI=1S/C20H20N6OS/c1-14-19(15(2)26(24-14)16-8-4-3-5-9-16)21-18(27)11-13-28-20-23-22-17-10-6-7-12-25(17)20/h3-10,12H,11,13H2,1-2H3,(H,21,27). The van der Waals surface area contributed by atoms with E-state index < -0.39 is 0 Å². The largest absolute Gasteiger partial charge is 0.323 e. The van der Waals surface area contributed by atoms with Crippen molar-refractivity contribution in [3.05, 3.63) is 66.1 Å². The van der Waals surface area contributed by atoms with Crippen molar-refractivity contribution in [3.8, 4) is 5.69 Å². The van der Waals surface area contributed by atoms with Gasteiger partial charge in [-0.3, -0.25) is 9.20 Å². The van der Waals surface area contributed by atoms with Crippen LogP contribution in [0.3, 0.4) is 0 Å². The van der Waals surface area contributed by atoms with Crippen LogP contribution >= 0.6 is 11.8 Å². The Morgan fingerprint density at radius 1 is 1.07 bits per heavy atom. The molecular formula is C20H20N6OS. The monoisotopic (exact) mass is 392 g/mol. The van der Waals surface area contributed by atoms with Gasteiger partial charge in [0.2, 0.25) is 5.91 Å². The molecule has 0 aliphatic heterocycles. The van der Waals surface area contributed by atoms with Crippen molar-refractivity contribution in [1.29, 1.82) is 0 Å². The summed E-state index contributed by atoms with van der Waals surface area (Å²) in [6, 6.07) is 15.6. The summed E-state index contributed by atoms with van der Waals surface area (Å²) in [5.74, 6) is 0.576. The number of nitrogens with zero attached hydrogens (tertiary/aromatic N) is 5. The van der Waals surface area contributed by atoms with Gasteiger partial charge in [0, 0.05) is 18.4 Å². The van der Waals surface area contributed by atoms with Crippen LogP contribution in [0.15, 0.2) is 59.9 Å². The first-order chi connectivity index (χ1) is 13.6. The molecular weight excluding hydrogens is 372 g/mol. The number of pyridine rings is 1. The van der Waals surface area contributed by atoms with Gasteiger partial charge in [-0.15, -0.1) is 10.2 Å². The van der Waals surface area contributed by atoms with Crippen LogP contribution in [-0.4, -0.2) is 36.0 Å². The fourth-order valence-corrected chi connectivity index (χ4v) is 3.86. The number of thioether (sulfide) groups is 1. The molecule has 0 radical (unpaired) electrons. The predicted octanol–water partition coefficient (Wildman–Crippen LogP) is 3.65. The Morgan fingerprint density at radius 3 is 2.68 bits per heavy atom. The van der Waals surface area contributed by atoms with Crippen LogP contribution in [-0.2, 0) is 4.79 Å². The maximum atomic E-state index is 12.5. The van der Waals surface area contributed by atoms with Gasteiger partial charge in [-0.25, -0.2) is 4.68 Å². The molecule has 3 aromatic heterocycles. The molecule has 0 saturated carbocycles. The van der Waals surface area contributed by atoms with Crippen LogP contribution < -0.4 is 5.32 Å². The lowest BCUT2D eigenvalue weighted by Crippen LogP contribution is -2.13. The van der Waals surface area contributed by atoms with Crippen LogP contribution in [0.4, 0.5) is 5.69 Å². The number of fused-ring (bicyclic) bond motifs is 1. The maximum absolute atomic E-state index is 12.5. The third kappa shape index (κ3) is 3.63. The summed E-state index contributed by atoms with van der Waals surface area (Å²) in [6.07, 6.45) is 2.30. The maximum Gasteiger partial charge on any atom is 0.225 e. The molecule has 1 N–H and O–H groups in total. The van der Waals surface area contributed by atoms with Gasteiger partial charge in [-0.1, -0.05) is 36.0 Å². The molecule has 0 aliphatic rings. The second-order valence-electron chi connectivity index (χ2n) is 6.35. The normalized spacial score (nSPS) is 11.1. The molecule has 0 aliphatic carbocycles. The lowest BCUT2D eigenvalue weighted by Gasteiger charge is -2.07. The smallest absolute Gasteiger partial charge is 0.225 e. The molecule has 28 heavy (non-hydrogen) atoms. The van der Waals surface area contributed by atoms with Crippen LogP contribution in [0, 0.1) is 13.8 Å². The van der Waals surface area contributed by atoms with Crippen molar-refractivity contribution in [2.75, 3.05) is 11.1 Å². The number of aryl methyl sites for hydroxylation is 1. The summed E-state index contributed by atoms with van der Waals surface area (Å²) in [4.78, 5) is 12.5. The van der Waals surface area contributed by atoms with Crippen molar-refractivity contribution < 1.29 is 4.79 Å². The molecule has 0 saturated heterocycles. The highest BCUT2D eigenvalue weighted by atomic mass is 32.2. The van der Waals surface area contributed by atoms with Crippen molar-refractivity contribution in [1.82, 2.24) is 24.4 Å². The third-order valence-corrected chi connectivity index (χ3v) is 5.34. The van der Waals surface area contributed by atoms with E-state index in [-0.39, 0.29) is 5.91 Å². The van der Waals surface area contributed by atoms with Gasteiger partial charge in [0.25, 0.3) is 0 Å². The van der Waals surface area contributed by atoms with E-state index in [1.807, 2.05) is 77.7 Å². The van der Waals surface area contributed by atoms with Crippen LogP contribution in [0.2, 0.25) is 0 Å². The average molecular weight is 392 g/mol. The Kier molecular flexibility index (Phi) is 5.12. The minimum Gasteiger partial charge on any atom is -0.323 e. The summed E-state index contributed by atoms with van der Waals surface area (Å²) in [7, 11) is 0. The van der Waals surface area contributed by atoms with Gasteiger partial charge in [0.15, 0.2) is 10.8 Å². The minimum atomic E-state index is -0.0415. The van der Waals surface area contributed by atoms with E-state index in [0.717, 1.165) is 33.6 Å². The summed E-state index contributed by atoms with van der Waals surface area (Å²) in [5.41, 5.74) is 4.25. The summed E-state index contributed by atoms with van der Waals surface area (Å²) >= 11 is 1.51. The molecule has 4 rings (SSSR count). The molecule has 0 bridgehead atoms. The summed E-state index contributed by atoms with van der Waals surface area (Å²) in [5, 5.41) is 16.6. The third-order valence-electron chi connectivity index (χ3n) is 4.40. The highest BCUT2D eigenvalue weighted by Crippen LogP contribution is 2.23. The van der Waals surface area contributed by atoms with E-state index >= 15 is 0 Å². The molecule has 1 aromatic carbocycles. The van der Waals surface area contributed by atoms with Gasteiger partial charge in [0.05, 0.1) is 22.8 Å². The number of hydrogen-bond acceptors (Lipinski definition) is 5. The van der Waals surface area contributed by atoms with E-state index in [1.165, 1.54) is 11.8 Å². The fourth-order valence-electron chi connectivity index (χ4n) is 3.00. The lowest BCUT2D eigenvalue weighted by atomic mass is 10.3. The van der Waals surface area contributed by atoms with Gasteiger partial charge < -0.3 is 5.32 Å². The first kappa shape index (κ1) is 18.2. The topological polar surface area (TPSA) is 77.1 Å². The van der Waals surface area contributed by atoms with Gasteiger partial charge in [-0.05, 0) is 38.1 Å². The number of carbonyl (C=O) groups excluding carboxylic acids is 1. The minimum absolute atomic E-state index is 0.0415.